The van der Waals surface area contributed by atoms with Crippen molar-refractivity contribution in [2.24, 2.45) is 11.8 Å². The molecule has 0 aromatic heterocycles. The van der Waals surface area contributed by atoms with Crippen LogP contribution in [0.4, 0.5) is 4.39 Å². The molecule has 66 valence electrons. The number of hydrogen-bond donors (Lipinski definition) is 1. The minimum Gasteiger partial charge on any atom is -0.476 e. The van der Waals surface area contributed by atoms with Gasteiger partial charge in [0.05, 0.1) is 0 Å². The average Bonchev–Trinajstić information content (AvgIpc) is 2.80. The van der Waals surface area contributed by atoms with E-state index in [2.05, 4.69) is 0 Å². The molecule has 2 aliphatic carbocycles. The Morgan fingerprint density at radius 3 is 3.00 bits per heavy atom. The van der Waals surface area contributed by atoms with Gasteiger partial charge in [0.2, 0.25) is 5.83 Å². The number of carboxylic acids is 1. The normalized spacial score (nSPS) is 37.1. The lowest BCUT2D eigenvalue weighted by Crippen LogP contribution is -2.06. The fraction of sp³-hybridized carbons (Fsp3) is 0.667. The SMILES string of the molecule is O=C(O)/C(F)=C1/CCCC2CC12. The van der Waals surface area contributed by atoms with Crippen molar-refractivity contribution in [3.05, 3.63) is 11.4 Å². The maximum absolute atomic E-state index is 13.0. The largest absolute Gasteiger partial charge is 0.476 e. The maximum atomic E-state index is 13.0. The van der Waals surface area contributed by atoms with Crippen LogP contribution >= 0.6 is 0 Å². The van der Waals surface area contributed by atoms with Crippen molar-refractivity contribution >= 4 is 5.97 Å². The van der Waals surface area contributed by atoms with E-state index in [4.69, 9.17) is 5.11 Å². The van der Waals surface area contributed by atoms with Gasteiger partial charge in [-0.1, -0.05) is 0 Å². The molecule has 2 fully saturated rings. The molecule has 0 spiro atoms. The highest BCUT2D eigenvalue weighted by Gasteiger charge is 2.44. The fourth-order valence-electron chi connectivity index (χ4n) is 2.14. The molecule has 2 saturated carbocycles. The summed E-state index contributed by atoms with van der Waals surface area (Å²) in [6.07, 6.45) is 3.77. The number of allylic oxidation sites excluding steroid dienone is 1. The van der Waals surface area contributed by atoms with E-state index in [1.165, 1.54) is 0 Å². The molecule has 0 aromatic rings. The zero-order chi connectivity index (χ0) is 8.72. The van der Waals surface area contributed by atoms with Crippen LogP contribution in [0.25, 0.3) is 0 Å². The number of carbonyl (C=O) groups is 1. The lowest BCUT2D eigenvalue weighted by atomic mass is 9.94. The van der Waals surface area contributed by atoms with Crippen molar-refractivity contribution in [1.29, 1.82) is 0 Å². The van der Waals surface area contributed by atoms with Crippen molar-refractivity contribution in [3.63, 3.8) is 0 Å². The highest BCUT2D eigenvalue weighted by molar-refractivity contribution is 5.85. The third-order valence-electron chi connectivity index (χ3n) is 2.86. The molecule has 2 aliphatic rings. The molecular formula is C9H11FO2. The van der Waals surface area contributed by atoms with Gasteiger partial charge < -0.3 is 5.11 Å². The zero-order valence-electron chi connectivity index (χ0n) is 6.72. The Hall–Kier alpha value is -0.860. The Morgan fingerprint density at radius 1 is 1.58 bits per heavy atom. The van der Waals surface area contributed by atoms with Crippen LogP contribution in [0, 0.1) is 11.8 Å². The third-order valence-corrected chi connectivity index (χ3v) is 2.86. The second-order valence-electron chi connectivity index (χ2n) is 3.64. The standard InChI is InChI=1S/C9H11FO2/c10-8(9(11)12)6-3-1-2-5-4-7(5)6/h5,7H,1-4H2,(H,11,12)/b8-6+. The monoisotopic (exact) mass is 170 g/mol. The Balaban J connectivity index is 2.21. The van der Waals surface area contributed by atoms with Crippen LogP contribution in [-0.4, -0.2) is 11.1 Å². The molecule has 0 aromatic carbocycles. The van der Waals surface area contributed by atoms with Gasteiger partial charge in [-0.15, -0.1) is 0 Å². The van der Waals surface area contributed by atoms with Gasteiger partial charge >= 0.3 is 5.97 Å². The summed E-state index contributed by atoms with van der Waals surface area (Å²) in [4.78, 5) is 10.3. The third kappa shape index (κ3) is 1.13. The smallest absolute Gasteiger partial charge is 0.364 e. The topological polar surface area (TPSA) is 37.3 Å². The Kier molecular flexibility index (Phi) is 1.67. The van der Waals surface area contributed by atoms with Crippen LogP contribution in [0.3, 0.4) is 0 Å². The maximum Gasteiger partial charge on any atom is 0.364 e. The van der Waals surface area contributed by atoms with E-state index in [0.29, 0.717) is 17.9 Å². The van der Waals surface area contributed by atoms with E-state index in [9.17, 15) is 9.18 Å². The molecule has 0 radical (unpaired) electrons. The van der Waals surface area contributed by atoms with Gasteiger partial charge in [-0.05, 0) is 43.1 Å². The molecule has 2 unspecified atom stereocenters. The fourth-order valence-corrected chi connectivity index (χ4v) is 2.14. The number of aliphatic carboxylic acids is 1. The van der Waals surface area contributed by atoms with Crippen LogP contribution in [0.2, 0.25) is 0 Å². The summed E-state index contributed by atoms with van der Waals surface area (Å²) in [5.41, 5.74) is 0.568. The van der Waals surface area contributed by atoms with Gasteiger partial charge in [-0.3, -0.25) is 0 Å². The van der Waals surface area contributed by atoms with Crippen molar-refractivity contribution in [3.8, 4) is 0 Å². The van der Waals surface area contributed by atoms with Gasteiger partial charge in [-0.2, -0.15) is 4.39 Å². The van der Waals surface area contributed by atoms with Gasteiger partial charge in [0.15, 0.2) is 0 Å². The Labute approximate surface area is 70.1 Å². The van der Waals surface area contributed by atoms with E-state index in [0.717, 1.165) is 19.3 Å². The van der Waals surface area contributed by atoms with E-state index in [1.807, 2.05) is 0 Å². The first-order chi connectivity index (χ1) is 5.70. The zero-order valence-corrected chi connectivity index (χ0v) is 6.72. The molecule has 0 heterocycles. The number of carboxylic acid groups (broad SMARTS) is 1. The molecule has 0 aliphatic heterocycles. The molecule has 12 heavy (non-hydrogen) atoms. The highest BCUT2D eigenvalue weighted by atomic mass is 19.1. The van der Waals surface area contributed by atoms with Crippen molar-refractivity contribution in [1.82, 2.24) is 0 Å². The number of halogens is 1. The summed E-state index contributed by atoms with van der Waals surface area (Å²) in [6, 6.07) is 0. The Morgan fingerprint density at radius 2 is 2.33 bits per heavy atom. The second-order valence-corrected chi connectivity index (χ2v) is 3.64. The van der Waals surface area contributed by atoms with Crippen LogP contribution in [0.1, 0.15) is 25.7 Å². The van der Waals surface area contributed by atoms with Crippen LogP contribution < -0.4 is 0 Å². The molecular weight excluding hydrogens is 159 g/mol. The number of hydrogen-bond acceptors (Lipinski definition) is 1. The quantitative estimate of drug-likeness (QED) is 0.612. The molecule has 3 heteroatoms. The Bertz CT molecular complexity index is 257. The van der Waals surface area contributed by atoms with Gasteiger partial charge in [0.25, 0.3) is 0 Å². The van der Waals surface area contributed by atoms with Crippen LogP contribution in [0.15, 0.2) is 11.4 Å². The number of rotatable bonds is 1. The molecule has 0 saturated heterocycles. The summed E-state index contributed by atoms with van der Waals surface area (Å²) >= 11 is 0. The molecule has 0 amide bonds. The van der Waals surface area contributed by atoms with Gasteiger partial charge in [-0.25, -0.2) is 4.79 Å². The first kappa shape index (κ1) is 7.77. The second kappa shape index (κ2) is 2.57. The van der Waals surface area contributed by atoms with Crippen LogP contribution in [-0.2, 0) is 4.79 Å². The van der Waals surface area contributed by atoms with Crippen molar-refractivity contribution in [2.45, 2.75) is 25.7 Å². The summed E-state index contributed by atoms with van der Waals surface area (Å²) in [5, 5.41) is 8.44. The lowest BCUT2D eigenvalue weighted by Gasteiger charge is -2.12. The summed E-state index contributed by atoms with van der Waals surface area (Å²) < 4.78 is 13.0. The van der Waals surface area contributed by atoms with Gasteiger partial charge in [0, 0.05) is 0 Å². The summed E-state index contributed by atoms with van der Waals surface area (Å²) in [7, 11) is 0. The molecule has 2 nitrogen and oxygen atoms in total. The van der Waals surface area contributed by atoms with Crippen LogP contribution in [0.5, 0.6) is 0 Å². The first-order valence-electron chi connectivity index (χ1n) is 4.32. The molecule has 1 N–H and O–H groups in total. The predicted molar refractivity (Wildman–Crippen MR) is 41.2 cm³/mol. The summed E-state index contributed by atoms with van der Waals surface area (Å²) in [6.45, 7) is 0. The van der Waals surface area contributed by atoms with Gasteiger partial charge in [0.1, 0.15) is 0 Å². The van der Waals surface area contributed by atoms with Crippen molar-refractivity contribution in [2.75, 3.05) is 0 Å². The van der Waals surface area contributed by atoms with E-state index < -0.39 is 11.8 Å². The lowest BCUT2D eigenvalue weighted by molar-refractivity contribution is -0.134. The van der Waals surface area contributed by atoms with E-state index >= 15 is 0 Å². The summed E-state index contributed by atoms with van der Waals surface area (Å²) in [5.74, 6) is -1.41. The first-order valence-corrected chi connectivity index (χ1v) is 4.32. The van der Waals surface area contributed by atoms with Crippen molar-refractivity contribution < 1.29 is 14.3 Å². The van der Waals surface area contributed by atoms with E-state index in [1.54, 1.807) is 0 Å². The predicted octanol–water partition coefficient (Wildman–Crippen LogP) is 2.11. The molecule has 2 rings (SSSR count). The molecule has 2 atom stereocenters. The average molecular weight is 170 g/mol. The minimum atomic E-state index is -1.39. The minimum absolute atomic E-state index is 0.273. The van der Waals surface area contributed by atoms with E-state index in [-0.39, 0.29) is 5.92 Å². The number of fused-ring (bicyclic) bond motifs is 1. The highest BCUT2D eigenvalue weighted by Crippen LogP contribution is 2.53. The molecule has 0 bridgehead atoms.